The second-order valence-corrected chi connectivity index (χ2v) is 4.50. The Morgan fingerprint density at radius 2 is 1.95 bits per heavy atom. The summed E-state index contributed by atoms with van der Waals surface area (Å²) in [6.07, 6.45) is 0. The van der Waals surface area contributed by atoms with Crippen LogP contribution in [0.25, 0.3) is 0 Å². The third-order valence-electron chi connectivity index (χ3n) is 3.00. The first-order valence-electron chi connectivity index (χ1n) is 6.63. The van der Waals surface area contributed by atoms with Gasteiger partial charge < -0.3 is 20.1 Å². The molecule has 116 valence electrons. The number of carbonyl (C=O) groups is 1. The van der Waals surface area contributed by atoms with Gasteiger partial charge in [-0.05, 0) is 29.8 Å². The minimum absolute atomic E-state index is 0.224. The summed E-state index contributed by atoms with van der Waals surface area (Å²) in [4.78, 5) is 11.9. The Bertz CT molecular complexity index is 662. The Kier molecular flexibility index (Phi) is 5.19. The predicted octanol–water partition coefficient (Wildman–Crippen LogP) is 3.16. The Hall–Kier alpha value is -2.76. The summed E-state index contributed by atoms with van der Waals surface area (Å²) >= 11 is 0. The van der Waals surface area contributed by atoms with Gasteiger partial charge in [0.1, 0.15) is 17.3 Å². The van der Waals surface area contributed by atoms with Gasteiger partial charge in [0.05, 0.1) is 19.9 Å². The van der Waals surface area contributed by atoms with Crippen LogP contribution in [0.2, 0.25) is 0 Å². The topological polar surface area (TPSA) is 59.6 Å². The highest BCUT2D eigenvalue weighted by molar-refractivity contribution is 5.91. The van der Waals surface area contributed by atoms with Crippen molar-refractivity contribution in [3.63, 3.8) is 0 Å². The molecule has 0 aromatic heterocycles. The summed E-state index contributed by atoms with van der Waals surface area (Å²) in [5.41, 5.74) is 1.19. The maximum absolute atomic E-state index is 13.1. The van der Waals surface area contributed by atoms with Crippen LogP contribution in [0.1, 0.15) is 5.56 Å². The van der Waals surface area contributed by atoms with E-state index >= 15 is 0 Å². The lowest BCUT2D eigenvalue weighted by Crippen LogP contribution is -2.28. The summed E-state index contributed by atoms with van der Waals surface area (Å²) in [5, 5.41) is 5.32. The molecule has 0 heterocycles. The van der Waals surface area contributed by atoms with Gasteiger partial charge in [-0.2, -0.15) is 0 Å². The standard InChI is InChI=1S/C16H17FN2O3/c1-21-13-6-7-14(15(9-13)22-2)19-16(20)18-10-11-4-3-5-12(17)8-11/h3-9H,10H2,1-2H3,(H2,18,19,20). The molecule has 0 aliphatic heterocycles. The highest BCUT2D eigenvalue weighted by Crippen LogP contribution is 2.28. The van der Waals surface area contributed by atoms with Gasteiger partial charge in [0, 0.05) is 12.6 Å². The molecule has 0 bridgehead atoms. The quantitative estimate of drug-likeness (QED) is 0.892. The van der Waals surface area contributed by atoms with E-state index in [1.54, 1.807) is 37.4 Å². The number of benzene rings is 2. The number of halogens is 1. The number of anilines is 1. The van der Waals surface area contributed by atoms with Crippen molar-refractivity contribution in [2.24, 2.45) is 0 Å². The fraction of sp³-hybridized carbons (Fsp3) is 0.188. The third-order valence-corrected chi connectivity index (χ3v) is 3.00. The normalized spacial score (nSPS) is 9.95. The molecule has 0 fully saturated rings. The van der Waals surface area contributed by atoms with Crippen LogP contribution in [0.4, 0.5) is 14.9 Å². The number of methoxy groups -OCH3 is 2. The van der Waals surface area contributed by atoms with Gasteiger partial charge in [-0.15, -0.1) is 0 Å². The van der Waals surface area contributed by atoms with Crippen LogP contribution in [-0.4, -0.2) is 20.3 Å². The van der Waals surface area contributed by atoms with Gasteiger partial charge in [-0.25, -0.2) is 9.18 Å². The van der Waals surface area contributed by atoms with Crippen LogP contribution in [0.15, 0.2) is 42.5 Å². The molecule has 0 saturated heterocycles. The minimum Gasteiger partial charge on any atom is -0.497 e. The van der Waals surface area contributed by atoms with Crippen LogP contribution in [0, 0.1) is 5.82 Å². The fourth-order valence-corrected chi connectivity index (χ4v) is 1.90. The van der Waals surface area contributed by atoms with E-state index in [0.29, 0.717) is 22.7 Å². The van der Waals surface area contributed by atoms with Crippen molar-refractivity contribution in [1.29, 1.82) is 0 Å². The van der Waals surface area contributed by atoms with Crippen molar-refractivity contribution in [1.82, 2.24) is 5.32 Å². The molecule has 5 nitrogen and oxygen atoms in total. The largest absolute Gasteiger partial charge is 0.497 e. The Balaban J connectivity index is 1.97. The maximum atomic E-state index is 13.1. The molecule has 2 N–H and O–H groups in total. The first-order valence-corrected chi connectivity index (χ1v) is 6.63. The summed E-state index contributed by atoms with van der Waals surface area (Å²) in [5.74, 6) is 0.777. The zero-order valence-electron chi connectivity index (χ0n) is 12.4. The zero-order valence-corrected chi connectivity index (χ0v) is 12.4. The smallest absolute Gasteiger partial charge is 0.319 e. The van der Waals surface area contributed by atoms with E-state index in [2.05, 4.69) is 10.6 Å². The molecule has 0 aliphatic rings. The van der Waals surface area contributed by atoms with Crippen molar-refractivity contribution in [2.45, 2.75) is 6.54 Å². The van der Waals surface area contributed by atoms with E-state index < -0.39 is 6.03 Å². The number of rotatable bonds is 5. The molecule has 22 heavy (non-hydrogen) atoms. The van der Waals surface area contributed by atoms with E-state index in [1.807, 2.05) is 0 Å². The molecule has 2 aromatic carbocycles. The van der Waals surface area contributed by atoms with Crippen molar-refractivity contribution in [3.05, 3.63) is 53.8 Å². The number of hydrogen-bond donors (Lipinski definition) is 2. The van der Waals surface area contributed by atoms with E-state index in [4.69, 9.17) is 9.47 Å². The van der Waals surface area contributed by atoms with Gasteiger partial charge in [-0.3, -0.25) is 0 Å². The number of ether oxygens (including phenoxy) is 2. The summed E-state index contributed by atoms with van der Waals surface area (Å²) in [6, 6.07) is 10.7. The van der Waals surface area contributed by atoms with Crippen LogP contribution in [0.3, 0.4) is 0 Å². The van der Waals surface area contributed by atoms with E-state index in [0.717, 1.165) is 0 Å². The third kappa shape index (κ3) is 4.12. The molecule has 2 amide bonds. The number of carbonyl (C=O) groups excluding carboxylic acids is 1. The summed E-state index contributed by atoms with van der Waals surface area (Å²) in [7, 11) is 3.05. The maximum Gasteiger partial charge on any atom is 0.319 e. The first-order chi connectivity index (χ1) is 10.6. The lowest BCUT2D eigenvalue weighted by molar-refractivity contribution is 0.251. The van der Waals surface area contributed by atoms with Crippen molar-refractivity contribution in [3.8, 4) is 11.5 Å². The monoisotopic (exact) mass is 304 g/mol. The van der Waals surface area contributed by atoms with Gasteiger partial charge in [0.2, 0.25) is 0 Å². The van der Waals surface area contributed by atoms with Crippen LogP contribution in [0.5, 0.6) is 11.5 Å². The number of urea groups is 1. The molecule has 6 heteroatoms. The minimum atomic E-state index is -0.410. The lowest BCUT2D eigenvalue weighted by Gasteiger charge is -2.12. The van der Waals surface area contributed by atoms with Gasteiger partial charge >= 0.3 is 6.03 Å². The van der Waals surface area contributed by atoms with Gasteiger partial charge in [0.15, 0.2) is 0 Å². The molecule has 2 rings (SSSR count). The number of nitrogens with one attached hydrogen (secondary N) is 2. The van der Waals surface area contributed by atoms with Crippen molar-refractivity contribution < 1.29 is 18.7 Å². The zero-order chi connectivity index (χ0) is 15.9. The number of hydrogen-bond acceptors (Lipinski definition) is 3. The van der Waals surface area contributed by atoms with Crippen molar-refractivity contribution >= 4 is 11.7 Å². The molecule has 2 aromatic rings. The van der Waals surface area contributed by atoms with Crippen LogP contribution in [-0.2, 0) is 6.54 Å². The molecule has 0 spiro atoms. The lowest BCUT2D eigenvalue weighted by atomic mass is 10.2. The van der Waals surface area contributed by atoms with Gasteiger partial charge in [0.25, 0.3) is 0 Å². The highest BCUT2D eigenvalue weighted by Gasteiger charge is 2.08. The summed E-state index contributed by atoms with van der Waals surface area (Å²) in [6.45, 7) is 0.224. The second-order valence-electron chi connectivity index (χ2n) is 4.50. The van der Waals surface area contributed by atoms with Gasteiger partial charge in [-0.1, -0.05) is 12.1 Å². The Morgan fingerprint density at radius 3 is 2.64 bits per heavy atom. The van der Waals surface area contributed by atoms with E-state index in [-0.39, 0.29) is 12.4 Å². The fourth-order valence-electron chi connectivity index (χ4n) is 1.90. The molecular weight excluding hydrogens is 287 g/mol. The summed E-state index contributed by atoms with van der Waals surface area (Å²) < 4.78 is 23.3. The number of amides is 2. The second kappa shape index (κ2) is 7.31. The molecule has 0 radical (unpaired) electrons. The average molecular weight is 304 g/mol. The SMILES string of the molecule is COc1ccc(NC(=O)NCc2cccc(F)c2)c(OC)c1. The predicted molar refractivity (Wildman–Crippen MR) is 81.8 cm³/mol. The first kappa shape index (κ1) is 15.6. The Labute approximate surface area is 128 Å². The van der Waals surface area contributed by atoms with E-state index in [1.165, 1.54) is 19.2 Å². The molecule has 0 saturated carbocycles. The average Bonchev–Trinajstić information content (AvgIpc) is 2.53. The molecule has 0 unspecified atom stereocenters. The van der Waals surface area contributed by atoms with Crippen molar-refractivity contribution in [2.75, 3.05) is 19.5 Å². The highest BCUT2D eigenvalue weighted by atomic mass is 19.1. The molecule has 0 atom stereocenters. The molecule has 0 aliphatic carbocycles. The van der Waals surface area contributed by atoms with Crippen LogP contribution >= 0.6 is 0 Å². The Morgan fingerprint density at radius 1 is 1.14 bits per heavy atom. The molecular formula is C16H17FN2O3. The van der Waals surface area contributed by atoms with Crippen LogP contribution < -0.4 is 20.1 Å². The van der Waals surface area contributed by atoms with E-state index in [9.17, 15) is 9.18 Å².